The SMILES string of the molecule is CNCC(CCCSC)Cc1ccc(Cl)cc1. The van der Waals surface area contributed by atoms with Crippen molar-refractivity contribution in [3.8, 4) is 0 Å². The molecule has 96 valence electrons. The largest absolute Gasteiger partial charge is 0.319 e. The first kappa shape index (κ1) is 14.9. The summed E-state index contributed by atoms with van der Waals surface area (Å²) in [6, 6.07) is 8.24. The minimum absolute atomic E-state index is 0.730. The molecule has 0 aliphatic carbocycles. The molecule has 1 aromatic carbocycles. The third-order valence-electron chi connectivity index (χ3n) is 2.89. The van der Waals surface area contributed by atoms with Gasteiger partial charge in [-0.15, -0.1) is 0 Å². The second-order valence-electron chi connectivity index (χ2n) is 4.39. The van der Waals surface area contributed by atoms with Crippen LogP contribution in [0.1, 0.15) is 18.4 Å². The van der Waals surface area contributed by atoms with E-state index in [4.69, 9.17) is 11.6 Å². The lowest BCUT2D eigenvalue weighted by atomic mass is 9.95. The van der Waals surface area contributed by atoms with Crippen molar-refractivity contribution in [3.63, 3.8) is 0 Å². The maximum absolute atomic E-state index is 5.90. The number of hydrogen-bond donors (Lipinski definition) is 1. The van der Waals surface area contributed by atoms with Gasteiger partial charge < -0.3 is 5.32 Å². The maximum atomic E-state index is 5.90. The van der Waals surface area contributed by atoms with Crippen LogP contribution in [0, 0.1) is 5.92 Å². The van der Waals surface area contributed by atoms with Crippen LogP contribution < -0.4 is 5.32 Å². The summed E-state index contributed by atoms with van der Waals surface area (Å²) < 4.78 is 0. The van der Waals surface area contributed by atoms with Crippen LogP contribution in [0.4, 0.5) is 0 Å². The summed E-state index contributed by atoms with van der Waals surface area (Å²) in [5, 5.41) is 4.11. The highest BCUT2D eigenvalue weighted by Gasteiger charge is 2.08. The van der Waals surface area contributed by atoms with Gasteiger partial charge in [-0.3, -0.25) is 0 Å². The van der Waals surface area contributed by atoms with Gasteiger partial charge in [0.1, 0.15) is 0 Å². The minimum Gasteiger partial charge on any atom is -0.319 e. The predicted octanol–water partition coefficient (Wildman–Crippen LogP) is 3.86. The van der Waals surface area contributed by atoms with Gasteiger partial charge in [0.25, 0.3) is 0 Å². The summed E-state index contributed by atoms with van der Waals surface area (Å²) in [6.07, 6.45) is 5.92. The van der Waals surface area contributed by atoms with Gasteiger partial charge in [-0.05, 0) is 68.5 Å². The molecule has 0 aromatic heterocycles. The van der Waals surface area contributed by atoms with Gasteiger partial charge in [0.15, 0.2) is 0 Å². The van der Waals surface area contributed by atoms with E-state index in [0.29, 0.717) is 0 Å². The van der Waals surface area contributed by atoms with Crippen LogP contribution in [0.2, 0.25) is 5.02 Å². The van der Waals surface area contributed by atoms with E-state index in [1.807, 2.05) is 30.9 Å². The van der Waals surface area contributed by atoms with E-state index in [1.54, 1.807) is 0 Å². The first-order valence-electron chi connectivity index (χ1n) is 6.14. The lowest BCUT2D eigenvalue weighted by Gasteiger charge is -2.16. The van der Waals surface area contributed by atoms with Crippen molar-refractivity contribution in [2.45, 2.75) is 19.3 Å². The van der Waals surface area contributed by atoms with Crippen molar-refractivity contribution in [3.05, 3.63) is 34.9 Å². The molecule has 0 aliphatic rings. The van der Waals surface area contributed by atoms with Crippen molar-refractivity contribution in [2.75, 3.05) is 25.6 Å². The molecule has 0 radical (unpaired) electrons. The van der Waals surface area contributed by atoms with Crippen molar-refractivity contribution >= 4 is 23.4 Å². The maximum Gasteiger partial charge on any atom is 0.0406 e. The van der Waals surface area contributed by atoms with E-state index in [0.717, 1.165) is 23.9 Å². The quantitative estimate of drug-likeness (QED) is 0.721. The molecule has 3 heteroatoms. The van der Waals surface area contributed by atoms with Gasteiger partial charge in [-0.1, -0.05) is 23.7 Å². The number of thioether (sulfide) groups is 1. The van der Waals surface area contributed by atoms with Gasteiger partial charge >= 0.3 is 0 Å². The van der Waals surface area contributed by atoms with E-state index in [9.17, 15) is 0 Å². The van der Waals surface area contributed by atoms with Crippen molar-refractivity contribution in [2.24, 2.45) is 5.92 Å². The van der Waals surface area contributed by atoms with Crippen LogP contribution >= 0.6 is 23.4 Å². The summed E-state index contributed by atoms with van der Waals surface area (Å²) in [5.41, 5.74) is 1.39. The van der Waals surface area contributed by atoms with E-state index in [2.05, 4.69) is 23.7 Å². The zero-order chi connectivity index (χ0) is 12.5. The third-order valence-corrected chi connectivity index (χ3v) is 3.84. The molecule has 1 unspecified atom stereocenters. The van der Waals surface area contributed by atoms with E-state index in [1.165, 1.54) is 24.2 Å². The molecule has 0 fully saturated rings. The van der Waals surface area contributed by atoms with Crippen LogP contribution in [0.25, 0.3) is 0 Å². The Bertz CT molecular complexity index is 300. The van der Waals surface area contributed by atoms with Crippen molar-refractivity contribution in [1.29, 1.82) is 0 Å². The standard InChI is InChI=1S/C14H22ClNS/c1-16-11-13(4-3-9-17-2)10-12-5-7-14(15)8-6-12/h5-8,13,16H,3-4,9-11H2,1-2H3. The Morgan fingerprint density at radius 2 is 2.00 bits per heavy atom. The zero-order valence-corrected chi connectivity index (χ0v) is 12.3. The lowest BCUT2D eigenvalue weighted by molar-refractivity contribution is 0.457. The molecule has 0 bridgehead atoms. The summed E-state index contributed by atoms with van der Waals surface area (Å²) in [5.74, 6) is 1.99. The smallest absolute Gasteiger partial charge is 0.0406 e. The Hall–Kier alpha value is -0.180. The highest BCUT2D eigenvalue weighted by molar-refractivity contribution is 7.98. The molecule has 0 spiro atoms. The van der Waals surface area contributed by atoms with Gasteiger partial charge in [0, 0.05) is 5.02 Å². The fraction of sp³-hybridized carbons (Fsp3) is 0.571. The van der Waals surface area contributed by atoms with Gasteiger partial charge in [0.2, 0.25) is 0 Å². The topological polar surface area (TPSA) is 12.0 Å². The Kier molecular flexibility index (Phi) is 7.74. The Morgan fingerprint density at radius 1 is 1.29 bits per heavy atom. The Morgan fingerprint density at radius 3 is 2.59 bits per heavy atom. The normalized spacial score (nSPS) is 12.6. The summed E-state index contributed by atoms with van der Waals surface area (Å²) in [7, 11) is 2.03. The molecule has 1 N–H and O–H groups in total. The second kappa shape index (κ2) is 8.84. The molecule has 0 saturated carbocycles. The Balaban J connectivity index is 2.44. The molecule has 0 aliphatic heterocycles. The lowest BCUT2D eigenvalue weighted by Crippen LogP contribution is -2.21. The highest BCUT2D eigenvalue weighted by atomic mass is 35.5. The fourth-order valence-corrected chi connectivity index (χ4v) is 2.62. The number of halogens is 1. The van der Waals surface area contributed by atoms with Crippen LogP contribution in [0.3, 0.4) is 0 Å². The number of hydrogen-bond acceptors (Lipinski definition) is 2. The van der Waals surface area contributed by atoms with Crippen molar-refractivity contribution < 1.29 is 0 Å². The molecule has 0 heterocycles. The molecule has 1 nitrogen and oxygen atoms in total. The highest BCUT2D eigenvalue weighted by Crippen LogP contribution is 2.17. The third kappa shape index (κ3) is 6.35. The minimum atomic E-state index is 0.730. The van der Waals surface area contributed by atoms with Gasteiger partial charge in [0.05, 0.1) is 0 Å². The predicted molar refractivity (Wildman–Crippen MR) is 80.2 cm³/mol. The number of benzene rings is 1. The number of rotatable bonds is 8. The average molecular weight is 272 g/mol. The summed E-state index contributed by atoms with van der Waals surface area (Å²) in [6.45, 7) is 1.09. The monoisotopic (exact) mass is 271 g/mol. The second-order valence-corrected chi connectivity index (χ2v) is 5.81. The first-order chi connectivity index (χ1) is 8.26. The molecule has 1 atom stereocenters. The van der Waals surface area contributed by atoms with Crippen LogP contribution in [-0.4, -0.2) is 25.6 Å². The average Bonchev–Trinajstić information content (AvgIpc) is 2.32. The number of nitrogens with one attached hydrogen (secondary N) is 1. The molecule has 1 aromatic rings. The van der Waals surface area contributed by atoms with E-state index < -0.39 is 0 Å². The van der Waals surface area contributed by atoms with E-state index >= 15 is 0 Å². The molecule has 17 heavy (non-hydrogen) atoms. The fourth-order valence-electron chi connectivity index (χ4n) is 2.04. The van der Waals surface area contributed by atoms with Crippen LogP contribution in [0.15, 0.2) is 24.3 Å². The first-order valence-corrected chi connectivity index (χ1v) is 7.91. The van der Waals surface area contributed by atoms with Gasteiger partial charge in [-0.25, -0.2) is 0 Å². The molecular weight excluding hydrogens is 250 g/mol. The summed E-state index contributed by atoms with van der Waals surface area (Å²) in [4.78, 5) is 0. The zero-order valence-electron chi connectivity index (χ0n) is 10.7. The summed E-state index contributed by atoms with van der Waals surface area (Å²) >= 11 is 7.83. The van der Waals surface area contributed by atoms with Gasteiger partial charge in [-0.2, -0.15) is 11.8 Å². The molecule has 1 rings (SSSR count). The van der Waals surface area contributed by atoms with Crippen LogP contribution in [0.5, 0.6) is 0 Å². The van der Waals surface area contributed by atoms with Crippen LogP contribution in [-0.2, 0) is 6.42 Å². The molecular formula is C14H22ClNS. The Labute approximate surface area is 114 Å². The molecule has 0 amide bonds. The molecule has 0 saturated heterocycles. The van der Waals surface area contributed by atoms with E-state index in [-0.39, 0.29) is 0 Å². The van der Waals surface area contributed by atoms with Crippen molar-refractivity contribution in [1.82, 2.24) is 5.32 Å².